The van der Waals surface area contributed by atoms with Gasteiger partial charge in [-0.3, -0.25) is 14.4 Å². The second-order valence-electron chi connectivity index (χ2n) is 13.2. The molecule has 2 unspecified atom stereocenters. The van der Waals surface area contributed by atoms with E-state index in [4.69, 9.17) is 9.47 Å². The van der Waals surface area contributed by atoms with E-state index in [1.54, 1.807) is 29.8 Å². The van der Waals surface area contributed by atoms with Crippen molar-refractivity contribution in [1.82, 2.24) is 15.0 Å². The van der Waals surface area contributed by atoms with E-state index in [2.05, 4.69) is 17.2 Å². The molecule has 47 heavy (non-hydrogen) atoms. The molecule has 4 aromatic carbocycles. The molecule has 0 aliphatic carbocycles. The Hall–Kier alpha value is -4.38. The minimum Gasteiger partial charge on any atom is -0.490 e. The molecule has 2 aliphatic heterocycles. The number of hydrogen-bond donors (Lipinski definition) is 1. The third-order valence-electron chi connectivity index (χ3n) is 9.87. The molecule has 0 saturated heterocycles. The largest absolute Gasteiger partial charge is 0.490 e. The molecular weight excluding hydrogens is 612 g/mol. The lowest BCUT2D eigenvalue weighted by Gasteiger charge is -2.43. The average molecular weight is 651 g/mol. The molecular formula is C37H39FN4O4Si. The van der Waals surface area contributed by atoms with Gasteiger partial charge in [0.15, 0.2) is 0 Å². The van der Waals surface area contributed by atoms with Crippen molar-refractivity contribution < 1.29 is 23.5 Å². The van der Waals surface area contributed by atoms with E-state index >= 15 is 4.11 Å². The lowest BCUT2D eigenvalue weighted by Crippen LogP contribution is -2.46. The number of hydrogen-bond acceptors (Lipinski definition) is 6. The van der Waals surface area contributed by atoms with Crippen LogP contribution in [0.4, 0.5) is 15.5 Å². The van der Waals surface area contributed by atoms with Gasteiger partial charge in [-0.05, 0) is 60.8 Å². The minimum absolute atomic E-state index is 0.0658. The van der Waals surface area contributed by atoms with Crippen molar-refractivity contribution in [2.75, 3.05) is 18.6 Å². The van der Waals surface area contributed by atoms with E-state index in [0.29, 0.717) is 30.0 Å². The summed E-state index contributed by atoms with van der Waals surface area (Å²) in [5.74, 6) is 0.138. The number of fused-ring (bicyclic) bond motifs is 1. The van der Waals surface area contributed by atoms with Crippen LogP contribution >= 0.6 is 0 Å². The molecule has 0 spiro atoms. The first-order valence-corrected chi connectivity index (χ1v) is 19.1. The molecule has 5 atom stereocenters. The molecule has 0 saturated carbocycles. The van der Waals surface area contributed by atoms with Gasteiger partial charge in [0.05, 0.1) is 35.6 Å². The summed E-state index contributed by atoms with van der Waals surface area (Å²) >= 11 is 0. The fourth-order valence-corrected chi connectivity index (χ4v) is 9.45. The summed E-state index contributed by atoms with van der Waals surface area (Å²) in [7, 11) is -1.57. The van der Waals surface area contributed by atoms with Crippen LogP contribution in [0.2, 0.25) is 18.6 Å². The number of aliphatic hydroxyl groups is 1. The number of aryl methyl sites for hydroxylation is 1. The van der Waals surface area contributed by atoms with Crippen molar-refractivity contribution in [2.45, 2.75) is 56.7 Å². The van der Waals surface area contributed by atoms with Crippen LogP contribution in [-0.2, 0) is 11.3 Å². The van der Waals surface area contributed by atoms with E-state index in [9.17, 15) is 9.90 Å². The molecule has 242 valence electrons. The summed E-state index contributed by atoms with van der Waals surface area (Å²) in [6.07, 6.45) is 1.58. The van der Waals surface area contributed by atoms with Gasteiger partial charge in [-0.2, -0.15) is 0 Å². The Balaban J connectivity index is 1.14. The molecule has 8 nitrogen and oxygen atoms in total. The number of benzene rings is 4. The molecule has 2 aliphatic rings. The Labute approximate surface area is 274 Å². The fraction of sp³-hybridized carbons (Fsp3) is 0.324. The van der Waals surface area contributed by atoms with Gasteiger partial charge in [-0.25, -0.2) is 0 Å². The Bertz CT molecular complexity index is 1920. The number of methoxy groups -OCH3 is 1. The van der Waals surface area contributed by atoms with Gasteiger partial charge in [0.1, 0.15) is 11.9 Å². The Morgan fingerprint density at radius 3 is 2.53 bits per heavy atom. The van der Waals surface area contributed by atoms with E-state index in [1.165, 1.54) is 0 Å². The minimum atomic E-state index is -3.25. The highest BCUT2D eigenvalue weighted by atomic mass is 28.4. The van der Waals surface area contributed by atoms with Gasteiger partial charge >= 0.3 is 0 Å². The van der Waals surface area contributed by atoms with Gasteiger partial charge in [0, 0.05) is 47.9 Å². The van der Waals surface area contributed by atoms with Gasteiger partial charge in [-0.15, -0.1) is 5.10 Å². The van der Waals surface area contributed by atoms with E-state index < -0.39 is 14.5 Å². The molecule has 0 radical (unpaired) electrons. The lowest BCUT2D eigenvalue weighted by atomic mass is 9.86. The van der Waals surface area contributed by atoms with Crippen molar-refractivity contribution in [2.24, 2.45) is 5.92 Å². The number of ether oxygens (including phenoxy) is 2. The topological polar surface area (TPSA) is 89.7 Å². The number of nitrogens with zero attached hydrogens (tertiary/aromatic N) is 4. The summed E-state index contributed by atoms with van der Waals surface area (Å²) < 4.78 is 30.7. The van der Waals surface area contributed by atoms with Gasteiger partial charge in [-0.1, -0.05) is 66.7 Å². The first-order chi connectivity index (χ1) is 22.7. The third-order valence-corrected chi connectivity index (χ3v) is 12.3. The number of halogens is 1. The van der Waals surface area contributed by atoms with Crippen LogP contribution in [0.3, 0.4) is 0 Å². The maximum atomic E-state index is 16.2. The monoisotopic (exact) mass is 650 g/mol. The molecule has 1 aromatic heterocycles. The van der Waals surface area contributed by atoms with Gasteiger partial charge in [0.25, 0.3) is 5.91 Å². The third kappa shape index (κ3) is 5.54. The zero-order valence-corrected chi connectivity index (χ0v) is 28.0. The maximum absolute atomic E-state index is 16.2. The number of carbonyl (C=O) groups is 1. The fourth-order valence-electron chi connectivity index (χ4n) is 7.48. The molecule has 5 aromatic rings. The van der Waals surface area contributed by atoms with Crippen molar-refractivity contribution >= 4 is 36.5 Å². The summed E-state index contributed by atoms with van der Waals surface area (Å²) in [6.45, 7) is 5.89. The molecule has 0 bridgehead atoms. The Morgan fingerprint density at radius 1 is 1.04 bits per heavy atom. The lowest BCUT2D eigenvalue weighted by molar-refractivity contribution is -0.0242. The maximum Gasteiger partial charge on any atom is 0.263 e. The normalized spacial score (nSPS) is 20.3. The summed E-state index contributed by atoms with van der Waals surface area (Å²) in [5.41, 5.74) is 4.41. The molecule has 7 rings (SSSR count). The van der Waals surface area contributed by atoms with Crippen molar-refractivity contribution in [1.29, 1.82) is 0 Å². The first-order valence-electron chi connectivity index (χ1n) is 16.1. The number of amides is 1. The van der Waals surface area contributed by atoms with Gasteiger partial charge < -0.3 is 18.7 Å². The highest BCUT2D eigenvalue weighted by Crippen LogP contribution is 2.50. The van der Waals surface area contributed by atoms with Crippen LogP contribution in [0.5, 0.6) is 5.75 Å². The first kappa shape index (κ1) is 31.2. The average Bonchev–Trinajstić information content (AvgIpc) is 3.65. The molecule has 0 fully saturated rings. The van der Waals surface area contributed by atoms with Crippen LogP contribution in [-0.4, -0.2) is 54.2 Å². The zero-order valence-electron chi connectivity index (χ0n) is 27.0. The molecule has 3 heterocycles. The number of rotatable bonds is 10. The van der Waals surface area contributed by atoms with Crippen molar-refractivity contribution in [3.63, 3.8) is 0 Å². The Morgan fingerprint density at radius 2 is 1.81 bits per heavy atom. The number of aliphatic hydroxyl groups excluding tert-OH is 1. The van der Waals surface area contributed by atoms with Crippen LogP contribution in [0.25, 0.3) is 10.8 Å². The predicted molar refractivity (Wildman–Crippen MR) is 183 cm³/mol. The van der Waals surface area contributed by atoms with Crippen LogP contribution in [0.1, 0.15) is 52.5 Å². The summed E-state index contributed by atoms with van der Waals surface area (Å²) in [5, 5.41) is 20.8. The molecule has 10 heteroatoms. The van der Waals surface area contributed by atoms with E-state index in [-0.39, 0.29) is 36.0 Å². The summed E-state index contributed by atoms with van der Waals surface area (Å²) in [4.78, 5) is 15.4. The van der Waals surface area contributed by atoms with Crippen molar-refractivity contribution in [3.8, 4) is 5.75 Å². The van der Waals surface area contributed by atoms with E-state index in [1.807, 2.05) is 91.1 Å². The SMILES string of the molecule is CO[C@H]1c2cc(N3C(=O)c4cccc5cccc3c45)ccc2O[C@@H](C(CCn2cc(C(CO)c3ccccc3)nn2)[Si](C)(C)F)[C@@H]1C. The summed E-state index contributed by atoms with van der Waals surface area (Å²) in [6, 6.07) is 27.3. The number of carbonyl (C=O) groups excluding carboxylic acids is 1. The second-order valence-corrected chi connectivity index (χ2v) is 17.0. The molecule has 1 N–H and O–H groups in total. The van der Waals surface area contributed by atoms with E-state index in [0.717, 1.165) is 33.3 Å². The van der Waals surface area contributed by atoms with Crippen LogP contribution < -0.4 is 9.64 Å². The quantitative estimate of drug-likeness (QED) is 0.124. The van der Waals surface area contributed by atoms with Crippen LogP contribution in [0, 0.1) is 5.92 Å². The smallest absolute Gasteiger partial charge is 0.263 e. The van der Waals surface area contributed by atoms with Crippen LogP contribution in [0.15, 0.2) is 91.1 Å². The number of anilines is 2. The Kier molecular flexibility index (Phi) is 8.19. The highest BCUT2D eigenvalue weighted by Gasteiger charge is 2.47. The number of aromatic nitrogens is 3. The highest BCUT2D eigenvalue weighted by molar-refractivity contribution is 6.72. The van der Waals surface area contributed by atoms with Gasteiger partial charge in [0.2, 0.25) is 8.41 Å². The van der Waals surface area contributed by atoms with Crippen molar-refractivity contribution in [3.05, 3.63) is 114 Å². The second kappa shape index (κ2) is 12.3. The standard InChI is InChI=1S/C37H39FN4O4Si/c1-23-35(45-2)28-20-26(42-31-15-9-13-25-12-8-14-27(34(25)31)37(42)44)16-17-32(28)46-36(23)33(47(3,4)38)18-19-41-21-30(39-40-41)29(22-43)24-10-6-5-7-11-24/h5-17,20-21,23,29,33,35-36,43H,18-19,22H2,1-4H3/t23-,29?,33?,35-,36-/m1/s1. The zero-order chi connectivity index (χ0) is 32.9. The molecule has 1 amide bonds. The predicted octanol–water partition coefficient (Wildman–Crippen LogP) is 7.57.